The van der Waals surface area contributed by atoms with E-state index in [0.717, 1.165) is 10.9 Å². The van der Waals surface area contributed by atoms with E-state index in [9.17, 15) is 9.59 Å². The van der Waals surface area contributed by atoms with E-state index in [1.807, 2.05) is 34.9 Å². The summed E-state index contributed by atoms with van der Waals surface area (Å²) in [5.74, 6) is -0.581. The molecule has 116 valence electrons. The van der Waals surface area contributed by atoms with Gasteiger partial charge in [0.05, 0.1) is 25.2 Å². The Hall–Kier alpha value is -2.34. The van der Waals surface area contributed by atoms with Crippen LogP contribution >= 0.6 is 0 Å². The predicted octanol–water partition coefficient (Wildman–Crippen LogP) is 2.50. The average Bonchev–Trinajstić information content (AvgIpc) is 2.99. The first-order valence-corrected chi connectivity index (χ1v) is 7.39. The van der Waals surface area contributed by atoms with Crippen LogP contribution in [0.1, 0.15) is 36.9 Å². The van der Waals surface area contributed by atoms with Gasteiger partial charge in [-0.2, -0.15) is 5.06 Å². The summed E-state index contributed by atoms with van der Waals surface area (Å²) in [6.07, 6.45) is -0.452. The van der Waals surface area contributed by atoms with Gasteiger partial charge in [0.15, 0.2) is 0 Å². The fourth-order valence-electron chi connectivity index (χ4n) is 2.84. The number of hydrogen-bond acceptors (Lipinski definition) is 4. The molecule has 0 aliphatic carbocycles. The lowest BCUT2D eigenvalue weighted by Crippen LogP contribution is -2.31. The van der Waals surface area contributed by atoms with Gasteiger partial charge in [-0.15, -0.1) is 0 Å². The van der Waals surface area contributed by atoms with Crippen molar-refractivity contribution >= 4 is 22.8 Å². The molecule has 0 spiro atoms. The van der Waals surface area contributed by atoms with Crippen molar-refractivity contribution in [2.75, 3.05) is 13.2 Å². The third kappa shape index (κ3) is 2.25. The van der Waals surface area contributed by atoms with Gasteiger partial charge in [0.1, 0.15) is 11.9 Å². The van der Waals surface area contributed by atoms with Crippen molar-refractivity contribution in [3.63, 3.8) is 0 Å². The number of hydrogen-bond donors (Lipinski definition) is 0. The highest BCUT2D eigenvalue weighted by atomic mass is 16.7. The minimum absolute atomic E-state index is 0.0608. The average molecular weight is 302 g/mol. The number of benzene rings is 1. The Morgan fingerprint density at radius 1 is 1.23 bits per heavy atom. The van der Waals surface area contributed by atoms with Crippen LogP contribution in [0, 0.1) is 0 Å². The number of amides is 1. The van der Waals surface area contributed by atoms with E-state index in [1.165, 1.54) is 5.06 Å². The van der Waals surface area contributed by atoms with Crippen LogP contribution < -0.4 is 0 Å². The molecule has 1 aliphatic rings. The Balaban J connectivity index is 2.04. The molecule has 0 radical (unpaired) electrons. The maximum atomic E-state index is 12.5. The first-order valence-electron chi connectivity index (χ1n) is 7.39. The molecule has 2 aromatic rings. The fraction of sp³-hybridized carbons (Fsp3) is 0.375. The zero-order chi connectivity index (χ0) is 15.7. The molecule has 1 atom stereocenters. The second-order valence-corrected chi connectivity index (χ2v) is 5.00. The van der Waals surface area contributed by atoms with Crippen LogP contribution in [0.3, 0.4) is 0 Å². The number of fused-ring (bicyclic) bond motifs is 3. The van der Waals surface area contributed by atoms with Crippen LogP contribution in [0.4, 0.5) is 0 Å². The highest BCUT2D eigenvalue weighted by Gasteiger charge is 2.40. The summed E-state index contributed by atoms with van der Waals surface area (Å²) in [6.45, 7) is 4.23. The van der Waals surface area contributed by atoms with Crippen LogP contribution in [0.2, 0.25) is 0 Å². The van der Waals surface area contributed by atoms with Gasteiger partial charge in [-0.25, -0.2) is 0 Å². The highest BCUT2D eigenvalue weighted by molar-refractivity contribution is 6.00. The Morgan fingerprint density at radius 3 is 2.73 bits per heavy atom. The second-order valence-electron chi connectivity index (χ2n) is 5.00. The molecule has 1 aromatic carbocycles. The number of esters is 1. The number of hydroxylamine groups is 2. The largest absolute Gasteiger partial charge is 0.466 e. The first kappa shape index (κ1) is 14.6. The van der Waals surface area contributed by atoms with E-state index < -0.39 is 6.17 Å². The van der Waals surface area contributed by atoms with Gasteiger partial charge in [0, 0.05) is 5.39 Å². The van der Waals surface area contributed by atoms with Gasteiger partial charge < -0.3 is 9.30 Å². The van der Waals surface area contributed by atoms with Crippen molar-refractivity contribution in [3.8, 4) is 0 Å². The molecule has 3 rings (SSSR count). The van der Waals surface area contributed by atoms with Gasteiger partial charge in [-0.05, 0) is 26.0 Å². The molecule has 0 fully saturated rings. The Labute approximate surface area is 128 Å². The topological polar surface area (TPSA) is 60.8 Å². The SMILES string of the molecule is CCOC(=O)CC1N(OCC)C(=O)c2cc3ccccc3n21. The molecule has 0 saturated heterocycles. The molecule has 6 nitrogen and oxygen atoms in total. The van der Waals surface area contributed by atoms with Crippen LogP contribution in [0.15, 0.2) is 30.3 Å². The lowest BCUT2D eigenvalue weighted by atomic mass is 10.2. The lowest BCUT2D eigenvalue weighted by Gasteiger charge is -2.24. The molecular formula is C16H18N2O4. The third-order valence-electron chi connectivity index (χ3n) is 3.66. The Morgan fingerprint density at radius 2 is 2.00 bits per heavy atom. The second kappa shape index (κ2) is 5.81. The number of ether oxygens (including phenoxy) is 1. The van der Waals surface area contributed by atoms with E-state index >= 15 is 0 Å². The summed E-state index contributed by atoms with van der Waals surface area (Å²) in [7, 11) is 0. The number of carbonyl (C=O) groups is 2. The lowest BCUT2D eigenvalue weighted by molar-refractivity contribution is -0.167. The molecule has 2 heterocycles. The summed E-state index contributed by atoms with van der Waals surface area (Å²) < 4.78 is 6.87. The molecule has 1 unspecified atom stereocenters. The monoisotopic (exact) mass is 302 g/mol. The Kier molecular flexibility index (Phi) is 3.85. The minimum Gasteiger partial charge on any atom is -0.466 e. The van der Waals surface area contributed by atoms with E-state index in [-0.39, 0.29) is 18.3 Å². The smallest absolute Gasteiger partial charge is 0.309 e. The van der Waals surface area contributed by atoms with Gasteiger partial charge in [-0.3, -0.25) is 14.4 Å². The van der Waals surface area contributed by atoms with Crippen LogP contribution in [-0.2, 0) is 14.4 Å². The van der Waals surface area contributed by atoms with E-state index in [0.29, 0.717) is 18.9 Å². The first-order chi connectivity index (χ1) is 10.7. The van der Waals surface area contributed by atoms with Crippen LogP contribution in [0.25, 0.3) is 10.9 Å². The molecule has 0 saturated carbocycles. The van der Waals surface area contributed by atoms with Crippen molar-refractivity contribution in [1.29, 1.82) is 0 Å². The van der Waals surface area contributed by atoms with Gasteiger partial charge in [0.25, 0.3) is 5.91 Å². The predicted molar refractivity (Wildman–Crippen MR) is 80.0 cm³/mol. The molecule has 6 heteroatoms. The minimum atomic E-state index is -0.513. The van der Waals surface area contributed by atoms with Crippen LogP contribution in [-0.4, -0.2) is 34.7 Å². The van der Waals surface area contributed by atoms with Gasteiger partial charge >= 0.3 is 5.97 Å². The van der Waals surface area contributed by atoms with Crippen molar-refractivity contribution < 1.29 is 19.2 Å². The zero-order valence-corrected chi connectivity index (χ0v) is 12.6. The zero-order valence-electron chi connectivity index (χ0n) is 12.6. The van der Waals surface area contributed by atoms with Crippen molar-refractivity contribution in [2.45, 2.75) is 26.4 Å². The van der Waals surface area contributed by atoms with E-state index in [2.05, 4.69) is 0 Å². The molecular weight excluding hydrogens is 284 g/mol. The summed E-state index contributed by atoms with van der Waals surface area (Å²) in [5, 5.41) is 2.24. The third-order valence-corrected chi connectivity index (χ3v) is 3.66. The molecule has 1 amide bonds. The molecule has 1 aromatic heterocycles. The highest BCUT2D eigenvalue weighted by Crippen LogP contribution is 2.35. The van der Waals surface area contributed by atoms with Gasteiger partial charge in [0.2, 0.25) is 0 Å². The van der Waals surface area contributed by atoms with E-state index in [1.54, 1.807) is 13.8 Å². The molecule has 0 N–H and O–H groups in total. The normalized spacial score (nSPS) is 17.1. The maximum absolute atomic E-state index is 12.5. The number of aromatic nitrogens is 1. The maximum Gasteiger partial charge on any atom is 0.309 e. The number of rotatable bonds is 5. The number of nitrogens with zero attached hydrogens (tertiary/aromatic N) is 2. The molecule has 0 bridgehead atoms. The molecule has 1 aliphatic heterocycles. The fourth-order valence-corrected chi connectivity index (χ4v) is 2.84. The van der Waals surface area contributed by atoms with Crippen molar-refractivity contribution in [1.82, 2.24) is 9.63 Å². The summed E-state index contributed by atoms with van der Waals surface area (Å²) in [5.41, 5.74) is 1.44. The van der Waals surface area contributed by atoms with Crippen LogP contribution in [0.5, 0.6) is 0 Å². The van der Waals surface area contributed by atoms with Crippen molar-refractivity contribution in [2.24, 2.45) is 0 Å². The quantitative estimate of drug-likeness (QED) is 0.796. The summed E-state index contributed by atoms with van der Waals surface area (Å²) >= 11 is 0. The standard InChI is InChI=1S/C16H18N2O4/c1-3-21-15(19)10-14-17-12-8-6-5-7-11(12)9-13(17)16(20)18(14)22-4-2/h5-9,14H,3-4,10H2,1-2H3. The molecule has 22 heavy (non-hydrogen) atoms. The number of carbonyl (C=O) groups excluding carboxylic acids is 2. The number of para-hydroxylation sites is 1. The van der Waals surface area contributed by atoms with Gasteiger partial charge in [-0.1, -0.05) is 18.2 Å². The van der Waals surface area contributed by atoms with Crippen molar-refractivity contribution in [3.05, 3.63) is 36.0 Å². The Bertz CT molecular complexity index is 722. The van der Waals surface area contributed by atoms with E-state index in [4.69, 9.17) is 9.57 Å². The summed E-state index contributed by atoms with van der Waals surface area (Å²) in [4.78, 5) is 29.9. The summed E-state index contributed by atoms with van der Waals surface area (Å²) in [6, 6.07) is 9.53.